The van der Waals surface area contributed by atoms with Gasteiger partial charge in [0.2, 0.25) is 0 Å². The molecule has 1 amide bonds. The number of hydrogen-bond acceptors (Lipinski definition) is 4. The van der Waals surface area contributed by atoms with Crippen molar-refractivity contribution < 1.29 is 9.18 Å². The van der Waals surface area contributed by atoms with Crippen LogP contribution in [0.3, 0.4) is 0 Å². The highest BCUT2D eigenvalue weighted by Gasteiger charge is 2.22. The molecule has 4 rings (SSSR count). The molecule has 0 bridgehead atoms. The quantitative estimate of drug-likeness (QED) is 0.783. The summed E-state index contributed by atoms with van der Waals surface area (Å²) in [5, 5.41) is 3.82. The van der Waals surface area contributed by atoms with Gasteiger partial charge in [-0.2, -0.15) is 0 Å². The standard InChI is InChI=1S/C18H19FN4OS/c19-14-2-3-15-13(10-14)11-16(21-15)18(24)23-6-1-5-22(7-8-23)12-17-20-4-9-25-17/h2-4,9-11,21H,1,5-8,12H2. The van der Waals surface area contributed by atoms with Crippen molar-refractivity contribution in [3.05, 3.63) is 52.4 Å². The molecule has 1 aromatic carbocycles. The number of amides is 1. The Labute approximate surface area is 149 Å². The number of aromatic amines is 1. The molecular formula is C18H19FN4OS. The van der Waals surface area contributed by atoms with Crippen LogP contribution in [-0.2, 0) is 6.54 Å². The minimum absolute atomic E-state index is 0.0206. The smallest absolute Gasteiger partial charge is 0.270 e. The van der Waals surface area contributed by atoms with Gasteiger partial charge in [0, 0.05) is 48.7 Å². The van der Waals surface area contributed by atoms with Gasteiger partial charge >= 0.3 is 0 Å². The van der Waals surface area contributed by atoms with E-state index in [1.807, 2.05) is 16.5 Å². The van der Waals surface area contributed by atoms with E-state index in [9.17, 15) is 9.18 Å². The van der Waals surface area contributed by atoms with Gasteiger partial charge in [-0.1, -0.05) is 0 Å². The van der Waals surface area contributed by atoms with E-state index in [1.54, 1.807) is 23.5 Å². The fourth-order valence-electron chi connectivity index (χ4n) is 3.24. The molecule has 7 heteroatoms. The number of nitrogens with one attached hydrogen (secondary N) is 1. The molecule has 0 aliphatic carbocycles. The lowest BCUT2D eigenvalue weighted by atomic mass is 10.2. The molecular weight excluding hydrogens is 339 g/mol. The van der Waals surface area contributed by atoms with Crippen molar-refractivity contribution in [2.45, 2.75) is 13.0 Å². The van der Waals surface area contributed by atoms with Gasteiger partial charge in [-0.05, 0) is 30.7 Å². The molecule has 1 aliphatic heterocycles. The minimum Gasteiger partial charge on any atom is -0.351 e. The summed E-state index contributed by atoms with van der Waals surface area (Å²) in [6.45, 7) is 4.05. The Balaban J connectivity index is 1.44. The lowest BCUT2D eigenvalue weighted by molar-refractivity contribution is 0.0756. The summed E-state index contributed by atoms with van der Waals surface area (Å²) in [6.07, 6.45) is 2.76. The Morgan fingerprint density at radius 2 is 2.16 bits per heavy atom. The largest absolute Gasteiger partial charge is 0.351 e. The van der Waals surface area contributed by atoms with Gasteiger partial charge < -0.3 is 9.88 Å². The topological polar surface area (TPSA) is 52.2 Å². The number of H-pyrrole nitrogens is 1. The van der Waals surface area contributed by atoms with E-state index in [2.05, 4.69) is 14.9 Å². The van der Waals surface area contributed by atoms with Gasteiger partial charge in [0.15, 0.2) is 0 Å². The number of hydrogen-bond donors (Lipinski definition) is 1. The first-order valence-corrected chi connectivity index (χ1v) is 9.25. The summed E-state index contributed by atoms with van der Waals surface area (Å²) < 4.78 is 13.3. The zero-order valence-corrected chi connectivity index (χ0v) is 14.6. The molecule has 1 aliphatic rings. The number of carbonyl (C=O) groups excluding carboxylic acids is 1. The van der Waals surface area contributed by atoms with Gasteiger partial charge in [-0.3, -0.25) is 9.69 Å². The van der Waals surface area contributed by atoms with Crippen LogP contribution in [0.1, 0.15) is 21.9 Å². The Kier molecular flexibility index (Phi) is 4.50. The first-order valence-electron chi connectivity index (χ1n) is 8.37. The highest BCUT2D eigenvalue weighted by molar-refractivity contribution is 7.09. The third-order valence-electron chi connectivity index (χ3n) is 4.53. The Morgan fingerprint density at radius 1 is 1.24 bits per heavy atom. The van der Waals surface area contributed by atoms with Crippen molar-refractivity contribution in [1.82, 2.24) is 19.8 Å². The molecule has 0 unspecified atom stereocenters. The van der Waals surface area contributed by atoms with Crippen molar-refractivity contribution in [2.24, 2.45) is 0 Å². The lowest BCUT2D eigenvalue weighted by Gasteiger charge is -2.21. The molecule has 130 valence electrons. The first kappa shape index (κ1) is 16.2. The minimum atomic E-state index is -0.293. The van der Waals surface area contributed by atoms with E-state index >= 15 is 0 Å². The van der Waals surface area contributed by atoms with Gasteiger partial charge in [-0.25, -0.2) is 9.37 Å². The lowest BCUT2D eigenvalue weighted by Crippen LogP contribution is -2.35. The molecule has 1 N–H and O–H groups in total. The van der Waals surface area contributed by atoms with E-state index in [0.717, 1.165) is 48.5 Å². The summed E-state index contributed by atoms with van der Waals surface area (Å²) in [4.78, 5) is 24.5. The van der Waals surface area contributed by atoms with E-state index in [4.69, 9.17) is 0 Å². The number of carbonyl (C=O) groups is 1. The second kappa shape index (κ2) is 6.93. The molecule has 2 aromatic heterocycles. The van der Waals surface area contributed by atoms with Gasteiger partial charge in [-0.15, -0.1) is 11.3 Å². The SMILES string of the molecule is O=C(c1cc2cc(F)ccc2[nH]1)N1CCCN(Cc2nccs2)CC1. The van der Waals surface area contributed by atoms with Crippen LogP contribution in [0.2, 0.25) is 0 Å². The van der Waals surface area contributed by atoms with Crippen LogP contribution in [0, 0.1) is 5.82 Å². The molecule has 0 atom stereocenters. The summed E-state index contributed by atoms with van der Waals surface area (Å²) in [5.41, 5.74) is 1.30. The number of aromatic nitrogens is 2. The average molecular weight is 358 g/mol. The van der Waals surface area contributed by atoms with Crippen LogP contribution in [0.5, 0.6) is 0 Å². The van der Waals surface area contributed by atoms with Crippen molar-refractivity contribution in [3.8, 4) is 0 Å². The number of halogens is 1. The summed E-state index contributed by atoms with van der Waals surface area (Å²) in [7, 11) is 0. The van der Waals surface area contributed by atoms with Crippen LogP contribution in [0.4, 0.5) is 4.39 Å². The van der Waals surface area contributed by atoms with Crippen LogP contribution >= 0.6 is 11.3 Å². The monoisotopic (exact) mass is 358 g/mol. The zero-order chi connectivity index (χ0) is 17.2. The number of benzene rings is 1. The van der Waals surface area contributed by atoms with E-state index < -0.39 is 0 Å². The molecule has 0 saturated carbocycles. The molecule has 0 radical (unpaired) electrons. The molecule has 0 spiro atoms. The van der Waals surface area contributed by atoms with Crippen LogP contribution in [0.15, 0.2) is 35.8 Å². The molecule has 3 heterocycles. The second-order valence-electron chi connectivity index (χ2n) is 6.26. The Morgan fingerprint density at radius 3 is 3.00 bits per heavy atom. The maximum Gasteiger partial charge on any atom is 0.270 e. The first-order chi connectivity index (χ1) is 12.2. The van der Waals surface area contributed by atoms with Crippen LogP contribution in [-0.4, -0.2) is 51.9 Å². The Bertz CT molecular complexity index is 876. The highest BCUT2D eigenvalue weighted by atomic mass is 32.1. The maximum atomic E-state index is 13.3. The predicted molar refractivity (Wildman–Crippen MR) is 96.2 cm³/mol. The van der Waals surface area contributed by atoms with Crippen molar-refractivity contribution in [1.29, 1.82) is 0 Å². The number of nitrogens with zero attached hydrogens (tertiary/aromatic N) is 3. The fraction of sp³-hybridized carbons (Fsp3) is 0.333. The third kappa shape index (κ3) is 3.57. The predicted octanol–water partition coefficient (Wildman–Crippen LogP) is 3.11. The maximum absolute atomic E-state index is 13.3. The fourth-order valence-corrected chi connectivity index (χ4v) is 3.90. The Hall–Kier alpha value is -2.25. The summed E-state index contributed by atoms with van der Waals surface area (Å²) in [6, 6.07) is 6.24. The summed E-state index contributed by atoms with van der Waals surface area (Å²) in [5.74, 6) is -0.314. The number of rotatable bonds is 3. The molecule has 25 heavy (non-hydrogen) atoms. The second-order valence-corrected chi connectivity index (χ2v) is 7.24. The number of thiazole rings is 1. The molecule has 3 aromatic rings. The molecule has 1 saturated heterocycles. The zero-order valence-electron chi connectivity index (χ0n) is 13.7. The average Bonchev–Trinajstić information content (AvgIpc) is 3.19. The third-order valence-corrected chi connectivity index (χ3v) is 5.30. The number of fused-ring (bicyclic) bond motifs is 1. The van der Waals surface area contributed by atoms with Crippen molar-refractivity contribution in [2.75, 3.05) is 26.2 Å². The molecule has 1 fully saturated rings. The molecule has 5 nitrogen and oxygen atoms in total. The van der Waals surface area contributed by atoms with Gasteiger partial charge in [0.05, 0.1) is 6.54 Å². The van der Waals surface area contributed by atoms with E-state index in [1.165, 1.54) is 12.1 Å². The van der Waals surface area contributed by atoms with E-state index in [0.29, 0.717) is 12.2 Å². The van der Waals surface area contributed by atoms with Crippen molar-refractivity contribution in [3.63, 3.8) is 0 Å². The van der Waals surface area contributed by atoms with Crippen molar-refractivity contribution >= 4 is 28.1 Å². The van der Waals surface area contributed by atoms with Gasteiger partial charge in [0.1, 0.15) is 16.5 Å². The summed E-state index contributed by atoms with van der Waals surface area (Å²) >= 11 is 1.66. The highest BCUT2D eigenvalue weighted by Crippen LogP contribution is 2.19. The van der Waals surface area contributed by atoms with Gasteiger partial charge in [0.25, 0.3) is 5.91 Å². The normalized spacial score (nSPS) is 16.3. The van der Waals surface area contributed by atoms with Crippen LogP contribution in [0.25, 0.3) is 10.9 Å². The van der Waals surface area contributed by atoms with Crippen LogP contribution < -0.4 is 0 Å². The van der Waals surface area contributed by atoms with E-state index in [-0.39, 0.29) is 11.7 Å².